The van der Waals surface area contributed by atoms with Gasteiger partial charge in [0.15, 0.2) is 0 Å². The normalized spacial score (nSPS) is 11.3. The van der Waals surface area contributed by atoms with E-state index in [9.17, 15) is 18.3 Å². The number of sulfonamides is 1. The van der Waals surface area contributed by atoms with Crippen molar-refractivity contribution >= 4 is 38.7 Å². The van der Waals surface area contributed by atoms with E-state index < -0.39 is 16.0 Å². The Kier molecular flexibility index (Phi) is 6.44. The molecule has 2 aromatic rings. The lowest BCUT2D eigenvalue weighted by molar-refractivity contribution is 0.0697. The lowest BCUT2D eigenvalue weighted by Gasteiger charge is -2.26. The Morgan fingerprint density at radius 2 is 1.88 bits per heavy atom. The number of nitrogens with zero attached hydrogens (tertiary/aromatic N) is 1. The zero-order valence-electron chi connectivity index (χ0n) is 14.2. The summed E-state index contributed by atoms with van der Waals surface area (Å²) in [5, 5.41) is 10.9. The van der Waals surface area contributed by atoms with E-state index in [-0.39, 0.29) is 15.5 Å². The lowest BCUT2D eigenvalue weighted by atomic mass is 10.1. The Balaban J connectivity index is 2.48. The van der Waals surface area contributed by atoms with Crippen LogP contribution in [0.15, 0.2) is 39.9 Å². The molecule has 0 aliphatic rings. The first kappa shape index (κ1) is 19.3. The molecule has 0 saturated carbocycles. The fraction of sp³-hybridized carbons (Fsp3) is 0.353. The molecule has 0 unspecified atom stereocenters. The summed E-state index contributed by atoms with van der Waals surface area (Å²) in [5.74, 6) is -1.10. The number of carboxylic acid groups (broad SMARTS) is 1. The van der Waals surface area contributed by atoms with Gasteiger partial charge in [0.05, 0.1) is 16.9 Å². The van der Waals surface area contributed by atoms with Crippen LogP contribution in [0.5, 0.6) is 0 Å². The van der Waals surface area contributed by atoms with Crippen molar-refractivity contribution in [2.24, 2.45) is 0 Å². The maximum absolute atomic E-state index is 12.6. The summed E-state index contributed by atoms with van der Waals surface area (Å²) in [7, 11) is -3.75. The van der Waals surface area contributed by atoms with Crippen molar-refractivity contribution in [2.75, 3.05) is 22.7 Å². The van der Waals surface area contributed by atoms with Gasteiger partial charge in [-0.05, 0) is 42.5 Å². The minimum absolute atomic E-state index is 0.0422. The van der Waals surface area contributed by atoms with E-state index in [2.05, 4.69) is 9.62 Å². The molecule has 0 atom stereocenters. The highest BCUT2D eigenvalue weighted by molar-refractivity contribution is 7.94. The number of hydrogen-bond acceptors (Lipinski definition) is 5. The molecule has 1 aromatic carbocycles. The molecule has 6 nitrogen and oxygen atoms in total. The molecule has 0 spiro atoms. The number of aromatic carboxylic acids is 1. The first-order chi connectivity index (χ1) is 11.9. The molecule has 0 amide bonds. The van der Waals surface area contributed by atoms with Gasteiger partial charge in [0.1, 0.15) is 4.21 Å². The maximum atomic E-state index is 12.6. The first-order valence-corrected chi connectivity index (χ1v) is 10.4. The Labute approximate surface area is 152 Å². The van der Waals surface area contributed by atoms with Gasteiger partial charge >= 0.3 is 5.97 Å². The van der Waals surface area contributed by atoms with Gasteiger partial charge in [-0.2, -0.15) is 0 Å². The first-order valence-electron chi connectivity index (χ1n) is 8.07. The molecule has 25 heavy (non-hydrogen) atoms. The number of carbonyl (C=O) groups is 1. The molecule has 0 aliphatic heterocycles. The molecule has 1 heterocycles. The lowest BCUT2D eigenvalue weighted by Crippen LogP contribution is -2.26. The van der Waals surface area contributed by atoms with Gasteiger partial charge in [-0.1, -0.05) is 19.9 Å². The fourth-order valence-corrected chi connectivity index (χ4v) is 4.59. The molecular formula is C17H22N2O4S2. The quantitative estimate of drug-likeness (QED) is 0.687. The highest BCUT2D eigenvalue weighted by atomic mass is 32.2. The van der Waals surface area contributed by atoms with Crippen LogP contribution in [0.1, 0.15) is 37.0 Å². The van der Waals surface area contributed by atoms with Crippen molar-refractivity contribution in [3.8, 4) is 0 Å². The highest BCUT2D eigenvalue weighted by Gasteiger charge is 2.20. The average Bonchev–Trinajstić information content (AvgIpc) is 3.09. The number of hydrogen-bond donors (Lipinski definition) is 2. The van der Waals surface area contributed by atoms with E-state index in [4.69, 9.17) is 0 Å². The zero-order chi connectivity index (χ0) is 18.4. The summed E-state index contributed by atoms with van der Waals surface area (Å²) in [5.41, 5.74) is 1.02. The smallest absolute Gasteiger partial charge is 0.335 e. The number of rotatable bonds is 9. The minimum Gasteiger partial charge on any atom is -0.478 e. The number of anilines is 2. The fourth-order valence-electron chi connectivity index (χ4n) is 2.53. The molecule has 2 rings (SSSR count). The number of benzene rings is 1. The summed E-state index contributed by atoms with van der Waals surface area (Å²) in [6.07, 6.45) is 1.80. The van der Waals surface area contributed by atoms with Gasteiger partial charge in [-0.3, -0.25) is 4.72 Å². The maximum Gasteiger partial charge on any atom is 0.335 e. The third-order valence-electron chi connectivity index (χ3n) is 3.58. The van der Waals surface area contributed by atoms with Crippen LogP contribution in [0.2, 0.25) is 0 Å². The van der Waals surface area contributed by atoms with E-state index >= 15 is 0 Å². The third-order valence-corrected chi connectivity index (χ3v) is 6.34. The van der Waals surface area contributed by atoms with Gasteiger partial charge in [-0.15, -0.1) is 11.3 Å². The van der Waals surface area contributed by atoms with Gasteiger partial charge in [0.25, 0.3) is 10.0 Å². The van der Waals surface area contributed by atoms with Gasteiger partial charge in [-0.25, -0.2) is 13.2 Å². The van der Waals surface area contributed by atoms with Crippen molar-refractivity contribution in [3.05, 3.63) is 41.3 Å². The van der Waals surface area contributed by atoms with Crippen LogP contribution in [0.25, 0.3) is 0 Å². The summed E-state index contributed by atoms with van der Waals surface area (Å²) < 4.78 is 27.9. The molecule has 0 aliphatic carbocycles. The highest BCUT2D eigenvalue weighted by Crippen LogP contribution is 2.31. The topological polar surface area (TPSA) is 86.7 Å². The Bertz CT molecular complexity index is 811. The van der Waals surface area contributed by atoms with Crippen LogP contribution < -0.4 is 9.62 Å². The van der Waals surface area contributed by atoms with E-state index in [1.165, 1.54) is 18.2 Å². The van der Waals surface area contributed by atoms with E-state index in [1.807, 2.05) is 13.8 Å². The van der Waals surface area contributed by atoms with E-state index in [1.54, 1.807) is 17.5 Å². The summed E-state index contributed by atoms with van der Waals surface area (Å²) >= 11 is 1.11. The second kappa shape index (κ2) is 8.35. The summed E-state index contributed by atoms with van der Waals surface area (Å²) in [4.78, 5) is 13.4. The van der Waals surface area contributed by atoms with Gasteiger partial charge in [0, 0.05) is 13.1 Å². The van der Waals surface area contributed by atoms with Crippen molar-refractivity contribution in [2.45, 2.75) is 30.9 Å². The zero-order valence-corrected chi connectivity index (χ0v) is 15.9. The van der Waals surface area contributed by atoms with Gasteiger partial charge in [0.2, 0.25) is 0 Å². The van der Waals surface area contributed by atoms with Crippen LogP contribution in [0.4, 0.5) is 11.4 Å². The third kappa shape index (κ3) is 4.73. The molecular weight excluding hydrogens is 360 g/mol. The SMILES string of the molecule is CCCN(CCC)c1ccc(C(=O)O)cc1NS(=O)(=O)c1cccs1. The minimum atomic E-state index is -3.75. The van der Waals surface area contributed by atoms with Crippen LogP contribution in [-0.4, -0.2) is 32.6 Å². The van der Waals surface area contributed by atoms with Crippen LogP contribution >= 0.6 is 11.3 Å². The Morgan fingerprint density at radius 1 is 1.20 bits per heavy atom. The molecule has 0 radical (unpaired) electrons. The van der Waals surface area contributed by atoms with Gasteiger partial charge < -0.3 is 10.0 Å². The Morgan fingerprint density at radius 3 is 2.40 bits per heavy atom. The van der Waals surface area contributed by atoms with Crippen LogP contribution in [-0.2, 0) is 10.0 Å². The number of nitrogens with one attached hydrogen (secondary N) is 1. The van der Waals surface area contributed by atoms with E-state index in [0.717, 1.165) is 37.3 Å². The number of thiophene rings is 1. The van der Waals surface area contributed by atoms with E-state index in [0.29, 0.717) is 5.69 Å². The second-order valence-electron chi connectivity index (χ2n) is 5.56. The predicted molar refractivity (Wildman–Crippen MR) is 101 cm³/mol. The molecule has 1 aromatic heterocycles. The Hall–Kier alpha value is -2.06. The standard InChI is InChI=1S/C17H22N2O4S2/c1-3-9-19(10-4-2)15-8-7-13(17(20)21)12-14(15)18-25(22,23)16-6-5-11-24-16/h5-8,11-12,18H,3-4,9-10H2,1-2H3,(H,20,21). The predicted octanol–water partition coefficient (Wildman–Crippen LogP) is 3.87. The van der Waals surface area contributed by atoms with Crippen molar-refractivity contribution in [1.29, 1.82) is 0 Å². The molecule has 136 valence electrons. The van der Waals surface area contributed by atoms with Crippen molar-refractivity contribution in [3.63, 3.8) is 0 Å². The molecule has 8 heteroatoms. The molecule has 2 N–H and O–H groups in total. The average molecular weight is 383 g/mol. The summed E-state index contributed by atoms with van der Waals surface area (Å²) in [6, 6.07) is 7.72. The van der Waals surface area contributed by atoms with Crippen molar-refractivity contribution < 1.29 is 18.3 Å². The number of carboxylic acids is 1. The summed E-state index contributed by atoms with van der Waals surface area (Å²) in [6.45, 7) is 5.61. The molecule has 0 saturated heterocycles. The van der Waals surface area contributed by atoms with Crippen LogP contribution in [0.3, 0.4) is 0 Å². The van der Waals surface area contributed by atoms with Crippen molar-refractivity contribution in [1.82, 2.24) is 0 Å². The second-order valence-corrected chi connectivity index (χ2v) is 8.42. The molecule has 0 fully saturated rings. The monoisotopic (exact) mass is 382 g/mol. The molecule has 0 bridgehead atoms. The van der Waals surface area contributed by atoms with Crippen LogP contribution in [0, 0.1) is 0 Å². The largest absolute Gasteiger partial charge is 0.478 e.